The molecule has 1 heterocycles. The molecule has 0 saturated carbocycles. The first-order chi connectivity index (χ1) is 11.5. The summed E-state index contributed by atoms with van der Waals surface area (Å²) in [7, 11) is 3.60. The Morgan fingerprint density at radius 3 is 2.71 bits per heavy atom. The molecule has 0 amide bonds. The van der Waals surface area contributed by atoms with E-state index in [1.165, 1.54) is 6.07 Å². The minimum absolute atomic E-state index is 0.222. The van der Waals surface area contributed by atoms with Gasteiger partial charge in [-0.15, -0.1) is 0 Å². The Kier molecular flexibility index (Phi) is 4.97. The van der Waals surface area contributed by atoms with E-state index in [0.29, 0.717) is 18.2 Å². The first-order valence-corrected chi connectivity index (χ1v) is 7.99. The maximum absolute atomic E-state index is 13.3. The molecule has 3 nitrogen and oxygen atoms in total. The van der Waals surface area contributed by atoms with Crippen LogP contribution in [-0.2, 0) is 13.1 Å². The van der Waals surface area contributed by atoms with Crippen LogP contribution in [0.25, 0.3) is 10.9 Å². The van der Waals surface area contributed by atoms with Gasteiger partial charge in [-0.2, -0.15) is 0 Å². The summed E-state index contributed by atoms with van der Waals surface area (Å²) in [4.78, 5) is 6.53. The molecule has 0 aliphatic rings. The maximum Gasteiger partial charge on any atom is 0.134 e. The SMILES string of the molecule is COc1ccc2cc(CN(C)Cc3cccc(F)c3)c(Cl)nc2c1. The predicted octanol–water partition coefficient (Wildman–Crippen LogP) is 4.67. The average molecular weight is 345 g/mol. The molecule has 2 aromatic carbocycles. The number of hydrogen-bond donors (Lipinski definition) is 0. The Bertz CT molecular complexity index is 869. The van der Waals surface area contributed by atoms with E-state index in [1.54, 1.807) is 19.2 Å². The zero-order chi connectivity index (χ0) is 17.1. The van der Waals surface area contributed by atoms with Gasteiger partial charge in [0.1, 0.15) is 16.7 Å². The van der Waals surface area contributed by atoms with Crippen molar-refractivity contribution in [2.75, 3.05) is 14.2 Å². The minimum Gasteiger partial charge on any atom is -0.497 e. The molecule has 0 aliphatic heterocycles. The van der Waals surface area contributed by atoms with Gasteiger partial charge in [-0.3, -0.25) is 4.90 Å². The van der Waals surface area contributed by atoms with Crippen molar-refractivity contribution in [2.24, 2.45) is 0 Å². The molecule has 0 fully saturated rings. The third kappa shape index (κ3) is 3.83. The molecule has 24 heavy (non-hydrogen) atoms. The Hall–Kier alpha value is -2.17. The van der Waals surface area contributed by atoms with Gasteiger partial charge in [0.15, 0.2) is 0 Å². The lowest BCUT2D eigenvalue weighted by molar-refractivity contribution is 0.318. The van der Waals surface area contributed by atoms with Gasteiger partial charge in [0.05, 0.1) is 12.6 Å². The van der Waals surface area contributed by atoms with Crippen molar-refractivity contribution in [3.8, 4) is 5.75 Å². The molecule has 0 aliphatic carbocycles. The van der Waals surface area contributed by atoms with E-state index < -0.39 is 0 Å². The highest BCUT2D eigenvalue weighted by Gasteiger charge is 2.09. The predicted molar refractivity (Wildman–Crippen MR) is 94.9 cm³/mol. The lowest BCUT2D eigenvalue weighted by Gasteiger charge is -2.18. The smallest absolute Gasteiger partial charge is 0.134 e. The number of pyridine rings is 1. The van der Waals surface area contributed by atoms with Crippen LogP contribution < -0.4 is 4.74 Å². The van der Waals surface area contributed by atoms with E-state index in [2.05, 4.69) is 9.88 Å². The van der Waals surface area contributed by atoms with Gasteiger partial charge in [0, 0.05) is 30.1 Å². The zero-order valence-electron chi connectivity index (χ0n) is 13.6. The van der Waals surface area contributed by atoms with Crippen LogP contribution in [0.4, 0.5) is 4.39 Å². The summed E-state index contributed by atoms with van der Waals surface area (Å²) in [6, 6.07) is 14.4. The first-order valence-electron chi connectivity index (χ1n) is 7.61. The molecule has 0 spiro atoms. The van der Waals surface area contributed by atoms with Crippen LogP contribution in [-0.4, -0.2) is 24.0 Å². The van der Waals surface area contributed by atoms with Crippen molar-refractivity contribution < 1.29 is 9.13 Å². The fourth-order valence-electron chi connectivity index (χ4n) is 2.70. The van der Waals surface area contributed by atoms with E-state index in [0.717, 1.165) is 27.8 Å². The lowest BCUT2D eigenvalue weighted by Crippen LogP contribution is -2.17. The summed E-state index contributed by atoms with van der Waals surface area (Å²) in [5.74, 6) is 0.530. The number of rotatable bonds is 5. The third-order valence-corrected chi connectivity index (χ3v) is 4.16. The van der Waals surface area contributed by atoms with Crippen LogP contribution in [0.1, 0.15) is 11.1 Å². The quantitative estimate of drug-likeness (QED) is 0.629. The first kappa shape index (κ1) is 16.7. The fourth-order valence-corrected chi connectivity index (χ4v) is 2.90. The Morgan fingerprint density at radius 1 is 1.12 bits per heavy atom. The molecule has 124 valence electrons. The Labute approximate surface area is 145 Å². The Morgan fingerprint density at radius 2 is 1.96 bits per heavy atom. The van der Waals surface area contributed by atoms with Crippen molar-refractivity contribution in [3.05, 3.63) is 70.6 Å². The summed E-state index contributed by atoms with van der Waals surface area (Å²) in [6.07, 6.45) is 0. The van der Waals surface area contributed by atoms with E-state index in [1.807, 2.05) is 37.4 Å². The van der Waals surface area contributed by atoms with E-state index in [4.69, 9.17) is 16.3 Å². The van der Waals surface area contributed by atoms with Gasteiger partial charge >= 0.3 is 0 Å². The number of methoxy groups -OCH3 is 1. The minimum atomic E-state index is -0.222. The number of halogens is 2. The monoisotopic (exact) mass is 344 g/mol. The second-order valence-corrected chi connectivity index (χ2v) is 6.16. The third-order valence-electron chi connectivity index (χ3n) is 3.83. The zero-order valence-corrected chi connectivity index (χ0v) is 14.3. The average Bonchev–Trinajstić information content (AvgIpc) is 2.55. The maximum atomic E-state index is 13.3. The van der Waals surface area contributed by atoms with E-state index >= 15 is 0 Å². The fraction of sp³-hybridized carbons (Fsp3) is 0.211. The van der Waals surface area contributed by atoms with Crippen LogP contribution in [0.5, 0.6) is 5.75 Å². The molecule has 0 unspecified atom stereocenters. The summed E-state index contributed by atoms with van der Waals surface area (Å²) in [5.41, 5.74) is 2.66. The van der Waals surface area contributed by atoms with Gasteiger partial charge in [0.25, 0.3) is 0 Å². The van der Waals surface area contributed by atoms with E-state index in [-0.39, 0.29) is 5.82 Å². The molecule has 0 N–H and O–H groups in total. The van der Waals surface area contributed by atoms with Crippen molar-refractivity contribution in [3.63, 3.8) is 0 Å². The highest BCUT2D eigenvalue weighted by Crippen LogP contribution is 2.25. The van der Waals surface area contributed by atoms with Gasteiger partial charge in [-0.25, -0.2) is 9.37 Å². The molecular weight excluding hydrogens is 327 g/mol. The molecule has 0 radical (unpaired) electrons. The highest BCUT2D eigenvalue weighted by atomic mass is 35.5. The van der Waals surface area contributed by atoms with Crippen LogP contribution in [0, 0.1) is 5.82 Å². The lowest BCUT2D eigenvalue weighted by atomic mass is 10.1. The van der Waals surface area contributed by atoms with Crippen LogP contribution in [0.15, 0.2) is 48.5 Å². The molecule has 0 saturated heterocycles. The van der Waals surface area contributed by atoms with Crippen molar-refractivity contribution in [2.45, 2.75) is 13.1 Å². The molecule has 5 heteroatoms. The second-order valence-electron chi connectivity index (χ2n) is 5.80. The van der Waals surface area contributed by atoms with Crippen molar-refractivity contribution >= 4 is 22.5 Å². The molecule has 0 atom stereocenters. The van der Waals surface area contributed by atoms with Gasteiger partial charge in [-0.1, -0.05) is 23.7 Å². The summed E-state index contributed by atoms with van der Waals surface area (Å²) >= 11 is 6.33. The van der Waals surface area contributed by atoms with Gasteiger partial charge in [0.2, 0.25) is 0 Å². The molecule has 3 rings (SSSR count). The van der Waals surface area contributed by atoms with Gasteiger partial charge in [-0.05, 0) is 42.9 Å². The van der Waals surface area contributed by atoms with E-state index in [9.17, 15) is 4.39 Å². The number of ether oxygens (including phenoxy) is 1. The van der Waals surface area contributed by atoms with Crippen molar-refractivity contribution in [1.29, 1.82) is 0 Å². The van der Waals surface area contributed by atoms with Crippen LogP contribution >= 0.6 is 11.6 Å². The van der Waals surface area contributed by atoms with Crippen LogP contribution in [0.3, 0.4) is 0 Å². The second kappa shape index (κ2) is 7.16. The molecule has 0 bridgehead atoms. The number of benzene rings is 2. The standard InChI is InChI=1S/C19H18ClFN2O/c1-23(11-13-4-3-5-16(21)8-13)12-15-9-14-6-7-17(24-2)10-18(14)22-19(15)20/h3-10H,11-12H2,1-2H3. The topological polar surface area (TPSA) is 25.4 Å². The van der Waals surface area contributed by atoms with Crippen LogP contribution in [0.2, 0.25) is 5.15 Å². The summed E-state index contributed by atoms with van der Waals surface area (Å²) in [5, 5.41) is 1.48. The number of nitrogens with zero attached hydrogens (tertiary/aromatic N) is 2. The van der Waals surface area contributed by atoms with Gasteiger partial charge < -0.3 is 4.74 Å². The normalized spacial score (nSPS) is 11.2. The van der Waals surface area contributed by atoms with Crippen molar-refractivity contribution in [1.82, 2.24) is 9.88 Å². The largest absolute Gasteiger partial charge is 0.497 e. The summed E-state index contributed by atoms with van der Waals surface area (Å²) < 4.78 is 18.5. The Balaban J connectivity index is 1.80. The highest BCUT2D eigenvalue weighted by molar-refractivity contribution is 6.30. The molecule has 3 aromatic rings. The number of hydrogen-bond acceptors (Lipinski definition) is 3. The summed E-state index contributed by atoms with van der Waals surface area (Å²) in [6.45, 7) is 1.26. The molecular formula is C19H18ClFN2O. The molecule has 1 aromatic heterocycles. The number of aromatic nitrogens is 1. The number of fused-ring (bicyclic) bond motifs is 1.